The molecule has 0 atom stereocenters. The number of unbranched alkanes of at least 4 members (excludes halogenated alkanes) is 5. The second-order valence-electron chi connectivity index (χ2n) is 3.39. The molecule has 3 heteroatoms. The number of hydrogen-bond acceptors (Lipinski definition) is 0. The number of allylic oxidation sites excluding steroid dienone is 2. The molecule has 0 fully saturated rings. The van der Waals surface area contributed by atoms with Crippen molar-refractivity contribution in [3.63, 3.8) is 0 Å². The van der Waals surface area contributed by atoms with Crippen LogP contribution in [0, 0.1) is 6.92 Å². The van der Waals surface area contributed by atoms with Crippen molar-refractivity contribution in [3.8, 4) is 0 Å². The van der Waals surface area contributed by atoms with Gasteiger partial charge >= 0.3 is 6.18 Å². The van der Waals surface area contributed by atoms with Crippen LogP contribution in [0.25, 0.3) is 0 Å². The fourth-order valence-electron chi connectivity index (χ4n) is 1.24. The Bertz CT molecular complexity index is 147. The largest absolute Gasteiger partial charge is 0.389 e. The summed E-state index contributed by atoms with van der Waals surface area (Å²) >= 11 is 0. The summed E-state index contributed by atoms with van der Waals surface area (Å²) in [5.41, 5.74) is 0. The van der Waals surface area contributed by atoms with E-state index >= 15 is 0 Å². The Morgan fingerprint density at radius 3 is 2.07 bits per heavy atom. The minimum Gasteiger partial charge on any atom is -0.171 e. The second kappa shape index (κ2) is 7.89. The molecule has 83 valence electrons. The van der Waals surface area contributed by atoms with Gasteiger partial charge in [0.05, 0.1) is 0 Å². The third-order valence-electron chi connectivity index (χ3n) is 2.00. The van der Waals surface area contributed by atoms with Gasteiger partial charge in [0, 0.05) is 6.42 Å². The van der Waals surface area contributed by atoms with Crippen LogP contribution < -0.4 is 0 Å². The third kappa shape index (κ3) is 11.5. The number of alkyl halides is 3. The summed E-state index contributed by atoms with van der Waals surface area (Å²) in [6, 6.07) is 0. The van der Waals surface area contributed by atoms with Gasteiger partial charge in [-0.3, -0.25) is 0 Å². The minimum absolute atomic E-state index is 0.272. The van der Waals surface area contributed by atoms with Gasteiger partial charge in [-0.2, -0.15) is 13.2 Å². The van der Waals surface area contributed by atoms with Gasteiger partial charge in [-0.15, -0.1) is 0 Å². The zero-order chi connectivity index (χ0) is 10.9. The van der Waals surface area contributed by atoms with E-state index in [0.717, 1.165) is 25.7 Å². The monoisotopic (exact) mass is 207 g/mol. The van der Waals surface area contributed by atoms with Gasteiger partial charge in [-0.05, 0) is 26.2 Å². The van der Waals surface area contributed by atoms with Gasteiger partial charge in [0.2, 0.25) is 0 Å². The first-order chi connectivity index (χ1) is 6.56. The Kier molecular flexibility index (Phi) is 7.63. The maximum atomic E-state index is 11.7. The quantitative estimate of drug-likeness (QED) is 0.532. The Morgan fingerprint density at radius 1 is 0.929 bits per heavy atom. The topological polar surface area (TPSA) is 0 Å². The van der Waals surface area contributed by atoms with Crippen LogP contribution in [0.5, 0.6) is 0 Å². The molecule has 0 heterocycles. The Labute approximate surface area is 84.2 Å². The maximum absolute atomic E-state index is 11.7. The van der Waals surface area contributed by atoms with Crippen molar-refractivity contribution < 1.29 is 13.2 Å². The zero-order valence-electron chi connectivity index (χ0n) is 8.45. The summed E-state index contributed by atoms with van der Waals surface area (Å²) in [6.07, 6.45) is 4.05. The molecule has 0 aliphatic heterocycles. The molecule has 0 aromatic heterocycles. The molecule has 0 rings (SSSR count). The highest BCUT2D eigenvalue weighted by Crippen LogP contribution is 2.23. The van der Waals surface area contributed by atoms with E-state index in [1.54, 1.807) is 6.08 Å². The molecule has 0 saturated heterocycles. The maximum Gasteiger partial charge on any atom is 0.389 e. The van der Waals surface area contributed by atoms with Crippen LogP contribution in [0.1, 0.15) is 44.9 Å². The van der Waals surface area contributed by atoms with Crippen LogP contribution >= 0.6 is 0 Å². The van der Waals surface area contributed by atoms with Gasteiger partial charge < -0.3 is 0 Å². The molecule has 0 saturated carbocycles. The molecular weight excluding hydrogens is 189 g/mol. The van der Waals surface area contributed by atoms with Crippen molar-refractivity contribution in [3.05, 3.63) is 19.1 Å². The molecule has 0 aliphatic carbocycles. The fraction of sp³-hybridized carbons (Fsp3) is 0.727. The van der Waals surface area contributed by atoms with E-state index in [1.165, 1.54) is 0 Å². The zero-order valence-corrected chi connectivity index (χ0v) is 8.45. The van der Waals surface area contributed by atoms with Crippen molar-refractivity contribution in [1.82, 2.24) is 0 Å². The number of halogens is 3. The van der Waals surface area contributed by atoms with Crippen molar-refractivity contribution in [2.75, 3.05) is 0 Å². The molecular formula is C11H18F3. The molecule has 0 N–H and O–H groups in total. The summed E-state index contributed by atoms with van der Waals surface area (Å²) in [4.78, 5) is 0. The molecule has 0 amide bonds. The van der Waals surface area contributed by atoms with E-state index < -0.39 is 12.6 Å². The average molecular weight is 207 g/mol. The summed E-state index contributed by atoms with van der Waals surface area (Å²) in [6.45, 7) is 3.55. The van der Waals surface area contributed by atoms with Gasteiger partial charge in [0.25, 0.3) is 0 Å². The van der Waals surface area contributed by atoms with Crippen LogP contribution in [-0.4, -0.2) is 6.18 Å². The number of rotatable bonds is 7. The van der Waals surface area contributed by atoms with Crippen LogP contribution in [0.3, 0.4) is 0 Å². The first-order valence-electron chi connectivity index (χ1n) is 5.07. The molecule has 0 unspecified atom stereocenters. The van der Waals surface area contributed by atoms with Gasteiger partial charge in [0.15, 0.2) is 0 Å². The van der Waals surface area contributed by atoms with Crippen molar-refractivity contribution in [1.29, 1.82) is 0 Å². The van der Waals surface area contributed by atoms with Crippen molar-refractivity contribution in [2.45, 2.75) is 51.1 Å². The van der Waals surface area contributed by atoms with E-state index in [4.69, 9.17) is 0 Å². The van der Waals surface area contributed by atoms with Gasteiger partial charge in [0.1, 0.15) is 0 Å². The molecule has 0 bridgehead atoms. The Balaban J connectivity index is 3.07. The second-order valence-corrected chi connectivity index (χ2v) is 3.39. The molecule has 14 heavy (non-hydrogen) atoms. The lowest BCUT2D eigenvalue weighted by Crippen LogP contribution is -2.06. The normalized spacial score (nSPS) is 12.6. The lowest BCUT2D eigenvalue weighted by molar-refractivity contribution is -0.135. The van der Waals surface area contributed by atoms with Gasteiger partial charge in [-0.25, -0.2) is 0 Å². The Hall–Kier alpha value is -0.470. The molecule has 0 aromatic carbocycles. The van der Waals surface area contributed by atoms with E-state index in [2.05, 4.69) is 6.92 Å². The van der Waals surface area contributed by atoms with E-state index in [-0.39, 0.29) is 6.42 Å². The van der Waals surface area contributed by atoms with Crippen molar-refractivity contribution >= 4 is 0 Å². The number of hydrogen-bond donors (Lipinski definition) is 0. The SMILES string of the molecule is [CH2]/C=C/CCCCCCCC(F)(F)F. The summed E-state index contributed by atoms with van der Waals surface area (Å²) in [7, 11) is 0. The predicted molar refractivity (Wildman–Crippen MR) is 52.9 cm³/mol. The van der Waals surface area contributed by atoms with Crippen molar-refractivity contribution in [2.24, 2.45) is 0 Å². The van der Waals surface area contributed by atoms with E-state index in [9.17, 15) is 13.2 Å². The summed E-state index contributed by atoms with van der Waals surface area (Å²) in [5.74, 6) is 0. The summed E-state index contributed by atoms with van der Waals surface area (Å²) < 4.78 is 35.1. The van der Waals surface area contributed by atoms with E-state index in [1.807, 2.05) is 6.08 Å². The minimum atomic E-state index is -3.98. The summed E-state index contributed by atoms with van der Waals surface area (Å²) in [5, 5.41) is 0. The highest BCUT2D eigenvalue weighted by atomic mass is 19.4. The first kappa shape index (κ1) is 13.5. The standard InChI is InChI=1S/C11H18F3/c1-2-3-4-5-6-7-8-9-10-11(12,13)14/h2-3H,1,4-10H2/b3-2+. The molecule has 1 radical (unpaired) electrons. The highest BCUT2D eigenvalue weighted by Gasteiger charge is 2.25. The average Bonchev–Trinajstić information content (AvgIpc) is 2.08. The molecule has 0 spiro atoms. The molecule has 0 nitrogen and oxygen atoms in total. The fourth-order valence-corrected chi connectivity index (χ4v) is 1.24. The van der Waals surface area contributed by atoms with Crippen LogP contribution in [-0.2, 0) is 0 Å². The molecule has 0 aromatic rings. The first-order valence-corrected chi connectivity index (χ1v) is 5.07. The lowest BCUT2D eigenvalue weighted by Gasteiger charge is -2.04. The van der Waals surface area contributed by atoms with Crippen LogP contribution in [0.15, 0.2) is 12.2 Å². The predicted octanol–water partition coefficient (Wildman–Crippen LogP) is 4.67. The third-order valence-corrected chi connectivity index (χ3v) is 2.00. The van der Waals surface area contributed by atoms with E-state index in [0.29, 0.717) is 6.42 Å². The lowest BCUT2D eigenvalue weighted by atomic mass is 10.1. The van der Waals surface area contributed by atoms with Gasteiger partial charge in [-0.1, -0.05) is 31.4 Å². The van der Waals surface area contributed by atoms with Crippen LogP contribution in [0.2, 0.25) is 0 Å². The highest BCUT2D eigenvalue weighted by molar-refractivity contribution is 4.83. The Morgan fingerprint density at radius 2 is 1.50 bits per heavy atom. The smallest absolute Gasteiger partial charge is 0.171 e. The molecule has 0 aliphatic rings. The van der Waals surface area contributed by atoms with Crippen LogP contribution in [0.4, 0.5) is 13.2 Å².